The van der Waals surface area contributed by atoms with Gasteiger partial charge in [0.2, 0.25) is 15.9 Å². The number of methoxy groups -OCH3 is 2. The van der Waals surface area contributed by atoms with Crippen LogP contribution in [0.5, 0.6) is 11.5 Å². The van der Waals surface area contributed by atoms with E-state index in [0.717, 1.165) is 21.4 Å². The number of thiophene rings is 1. The molecule has 0 aliphatic carbocycles. The number of aromatic nitrogens is 1. The van der Waals surface area contributed by atoms with Gasteiger partial charge in [-0.05, 0) is 66.6 Å². The van der Waals surface area contributed by atoms with Crippen LogP contribution in [0.2, 0.25) is 0 Å². The van der Waals surface area contributed by atoms with E-state index in [1.165, 1.54) is 4.31 Å². The number of sulfonamides is 1. The van der Waals surface area contributed by atoms with Crippen LogP contribution in [0.4, 0.5) is 0 Å². The molecule has 0 unspecified atom stereocenters. The lowest BCUT2D eigenvalue weighted by molar-refractivity contribution is -0.132. The number of rotatable bonds is 13. The molecule has 0 bridgehead atoms. The summed E-state index contributed by atoms with van der Waals surface area (Å²) in [4.78, 5) is 21.1. The molecule has 4 rings (SSSR count). The summed E-state index contributed by atoms with van der Waals surface area (Å²) >= 11 is 1.59. The van der Waals surface area contributed by atoms with Crippen LogP contribution in [-0.2, 0) is 27.8 Å². The minimum Gasteiger partial charge on any atom is -0.493 e. The van der Waals surface area contributed by atoms with Gasteiger partial charge in [-0.15, -0.1) is 11.3 Å². The summed E-state index contributed by atoms with van der Waals surface area (Å²) in [6.45, 7) is 4.71. The molecule has 2 aromatic carbocycles. The maximum absolute atomic E-state index is 13.9. The Bertz CT molecular complexity index is 1560. The summed E-state index contributed by atoms with van der Waals surface area (Å²) in [5.74, 6) is 1.01. The van der Waals surface area contributed by atoms with Crippen LogP contribution in [0.1, 0.15) is 29.3 Å². The van der Waals surface area contributed by atoms with E-state index >= 15 is 0 Å². The van der Waals surface area contributed by atoms with Crippen molar-refractivity contribution in [3.8, 4) is 11.5 Å². The van der Waals surface area contributed by atoms with Crippen molar-refractivity contribution >= 4 is 38.2 Å². The Morgan fingerprint density at radius 1 is 1.00 bits per heavy atom. The lowest BCUT2D eigenvalue weighted by Gasteiger charge is -2.27. The number of hydrogen-bond donors (Lipinski definition) is 0. The Morgan fingerprint density at radius 3 is 2.48 bits per heavy atom. The summed E-state index contributed by atoms with van der Waals surface area (Å²) in [5.41, 5.74) is 2.49. The highest BCUT2D eigenvalue weighted by molar-refractivity contribution is 7.89. The molecule has 10 heteroatoms. The smallest absolute Gasteiger partial charge is 0.245 e. The van der Waals surface area contributed by atoms with Crippen LogP contribution >= 0.6 is 11.3 Å². The zero-order chi connectivity index (χ0) is 28.7. The highest BCUT2D eigenvalue weighted by Gasteiger charge is 2.30. The van der Waals surface area contributed by atoms with Gasteiger partial charge in [-0.3, -0.25) is 9.78 Å². The molecular weight excluding hydrogens is 546 g/mol. The van der Waals surface area contributed by atoms with Crippen molar-refractivity contribution in [2.75, 3.05) is 33.9 Å². The minimum absolute atomic E-state index is 0.109. The third-order valence-corrected chi connectivity index (χ3v) is 9.66. The van der Waals surface area contributed by atoms with Crippen LogP contribution in [0.3, 0.4) is 0 Å². The number of carbonyl (C=O) groups excluding carboxylic acids is 1. The molecule has 0 atom stereocenters. The Morgan fingerprint density at radius 2 is 1.77 bits per heavy atom. The highest BCUT2D eigenvalue weighted by atomic mass is 32.2. The molecule has 2 aromatic heterocycles. The molecular formula is C30H35N3O5S2. The van der Waals surface area contributed by atoms with Gasteiger partial charge in [0.05, 0.1) is 32.8 Å². The third kappa shape index (κ3) is 6.63. The van der Waals surface area contributed by atoms with Gasteiger partial charge in [0.1, 0.15) is 4.90 Å². The van der Waals surface area contributed by atoms with Crippen molar-refractivity contribution in [3.63, 3.8) is 0 Å². The van der Waals surface area contributed by atoms with Crippen LogP contribution < -0.4 is 9.47 Å². The Labute approximate surface area is 240 Å². The van der Waals surface area contributed by atoms with Crippen LogP contribution in [0.15, 0.2) is 71.1 Å². The van der Waals surface area contributed by atoms with E-state index in [9.17, 15) is 13.2 Å². The molecule has 8 nitrogen and oxygen atoms in total. The number of benzene rings is 2. The largest absolute Gasteiger partial charge is 0.493 e. The number of nitrogens with zero attached hydrogens (tertiary/aromatic N) is 3. The number of fused-ring (bicyclic) bond motifs is 1. The molecule has 40 heavy (non-hydrogen) atoms. The van der Waals surface area contributed by atoms with Crippen molar-refractivity contribution in [3.05, 3.63) is 82.2 Å². The predicted molar refractivity (Wildman–Crippen MR) is 159 cm³/mol. The fraction of sp³-hybridized carbons (Fsp3) is 0.333. The molecule has 0 fully saturated rings. The number of pyridine rings is 1. The summed E-state index contributed by atoms with van der Waals surface area (Å²) in [7, 11) is -0.799. The molecule has 212 valence electrons. The summed E-state index contributed by atoms with van der Waals surface area (Å²) in [6.07, 6.45) is 2.72. The van der Waals surface area contributed by atoms with Gasteiger partial charge < -0.3 is 14.4 Å². The molecule has 4 aromatic rings. The van der Waals surface area contributed by atoms with Gasteiger partial charge in [-0.25, -0.2) is 8.42 Å². The van der Waals surface area contributed by atoms with E-state index in [1.807, 2.05) is 55.6 Å². The quantitative estimate of drug-likeness (QED) is 0.213. The van der Waals surface area contributed by atoms with Crippen molar-refractivity contribution in [2.45, 2.75) is 38.1 Å². The Hall–Kier alpha value is -3.47. The minimum atomic E-state index is -3.98. The van der Waals surface area contributed by atoms with E-state index in [4.69, 9.17) is 9.47 Å². The lowest BCUT2D eigenvalue weighted by atomic mass is 10.1. The van der Waals surface area contributed by atoms with E-state index in [1.54, 1.807) is 54.9 Å². The Kier molecular flexibility index (Phi) is 9.78. The zero-order valence-electron chi connectivity index (χ0n) is 23.3. The molecule has 0 radical (unpaired) electrons. The number of hydrogen-bond acceptors (Lipinski definition) is 7. The van der Waals surface area contributed by atoms with Crippen molar-refractivity contribution < 1.29 is 22.7 Å². The van der Waals surface area contributed by atoms with E-state index in [0.29, 0.717) is 42.9 Å². The zero-order valence-corrected chi connectivity index (χ0v) is 24.9. The van der Waals surface area contributed by atoms with Crippen molar-refractivity contribution in [2.24, 2.45) is 0 Å². The molecule has 0 saturated carbocycles. The van der Waals surface area contributed by atoms with Crippen LogP contribution in [0, 0.1) is 6.92 Å². The number of carbonyl (C=O) groups is 1. The van der Waals surface area contributed by atoms with Crippen LogP contribution in [0.25, 0.3) is 10.9 Å². The molecule has 0 spiro atoms. The maximum Gasteiger partial charge on any atom is 0.245 e. The van der Waals surface area contributed by atoms with Crippen LogP contribution in [-0.4, -0.2) is 62.4 Å². The molecule has 0 N–H and O–H groups in total. The number of amides is 1. The predicted octanol–water partition coefficient (Wildman–Crippen LogP) is 5.29. The molecule has 1 amide bonds. The van der Waals surface area contributed by atoms with Gasteiger partial charge >= 0.3 is 0 Å². The van der Waals surface area contributed by atoms with Gasteiger partial charge in [0, 0.05) is 29.5 Å². The van der Waals surface area contributed by atoms with Crippen molar-refractivity contribution in [1.82, 2.24) is 14.2 Å². The fourth-order valence-corrected chi connectivity index (χ4v) is 7.11. The number of para-hydroxylation sites is 1. The molecule has 0 aliphatic heterocycles. The first-order chi connectivity index (χ1) is 19.3. The van der Waals surface area contributed by atoms with Gasteiger partial charge in [0.25, 0.3) is 0 Å². The van der Waals surface area contributed by atoms with E-state index in [2.05, 4.69) is 4.98 Å². The highest BCUT2D eigenvalue weighted by Crippen LogP contribution is 2.28. The average molecular weight is 582 g/mol. The summed E-state index contributed by atoms with van der Waals surface area (Å²) < 4.78 is 39.8. The number of ether oxygens (including phenoxy) is 2. The topological polar surface area (TPSA) is 89.0 Å². The van der Waals surface area contributed by atoms with E-state index in [-0.39, 0.29) is 23.9 Å². The lowest BCUT2D eigenvalue weighted by Crippen LogP contribution is -2.43. The second kappa shape index (κ2) is 13.3. The summed E-state index contributed by atoms with van der Waals surface area (Å²) in [5, 5.41) is 2.74. The van der Waals surface area contributed by atoms with Gasteiger partial charge in [-0.1, -0.05) is 31.2 Å². The first-order valence-corrected chi connectivity index (χ1v) is 15.5. The first kappa shape index (κ1) is 29.5. The normalized spacial score (nSPS) is 11.6. The monoisotopic (exact) mass is 581 g/mol. The van der Waals surface area contributed by atoms with Crippen molar-refractivity contribution in [1.29, 1.82) is 0 Å². The van der Waals surface area contributed by atoms with E-state index < -0.39 is 10.0 Å². The van der Waals surface area contributed by atoms with Gasteiger partial charge in [0.15, 0.2) is 11.5 Å². The third-order valence-electron chi connectivity index (χ3n) is 6.77. The maximum atomic E-state index is 13.9. The molecule has 2 heterocycles. The molecule has 0 saturated heterocycles. The first-order valence-electron chi connectivity index (χ1n) is 13.1. The standard InChI is InChI=1S/C30H35N3O5S2/c1-5-16-33(40(35,36)28-10-6-8-24-9-7-15-31-30(24)28)21-29(34)32(20-27-22(2)14-18-39-27)17-13-23-11-12-25(37-3)26(19-23)38-4/h6-12,14-15,18-19H,5,13,16-17,20-21H2,1-4H3. The molecule has 0 aliphatic rings. The average Bonchev–Trinajstić information content (AvgIpc) is 3.38. The SMILES string of the molecule is CCCN(CC(=O)N(CCc1ccc(OC)c(OC)c1)Cc1sccc1C)S(=O)(=O)c1cccc2cccnc12. The second-order valence-electron chi connectivity index (χ2n) is 9.45. The van der Waals surface area contributed by atoms with Gasteiger partial charge in [-0.2, -0.15) is 4.31 Å². The Balaban J connectivity index is 1.60. The second-order valence-corrected chi connectivity index (χ2v) is 12.4. The number of aryl methyl sites for hydroxylation is 1. The fourth-order valence-electron chi connectivity index (χ4n) is 4.54. The summed E-state index contributed by atoms with van der Waals surface area (Å²) in [6, 6.07) is 16.4.